The summed E-state index contributed by atoms with van der Waals surface area (Å²) in [6.45, 7) is 9.66. The smallest absolute Gasteiger partial charge is 0.345 e. The largest absolute Gasteiger partial charge is 0.465 e. The second kappa shape index (κ2) is 23.5. The molecule has 0 saturated carbocycles. The summed E-state index contributed by atoms with van der Waals surface area (Å²) < 4.78 is 76.3. The van der Waals surface area contributed by atoms with Gasteiger partial charge in [-0.05, 0) is 0 Å². The number of hydrogen-bond acceptors (Lipinski definition) is 25. The van der Waals surface area contributed by atoms with Crippen LogP contribution in [0.1, 0.15) is 79.6 Å². The third kappa shape index (κ3) is 15.2. The minimum absolute atomic E-state index is 0.273. The first-order valence-electron chi connectivity index (χ1n) is 20.0. The van der Waals surface area contributed by atoms with Crippen LogP contribution in [0.3, 0.4) is 0 Å². The Balaban J connectivity index is 2.17. The van der Waals surface area contributed by atoms with E-state index < -0.39 is 157 Å². The first-order valence-corrected chi connectivity index (χ1v) is 20.0. The lowest BCUT2D eigenvalue weighted by molar-refractivity contribution is -0.135. The monoisotopic (exact) mass is 992 g/mol. The molecule has 25 heteroatoms. The standard InChI is InChI=1S/C46H40O25/c1-19(47)59-29-12-35(63-23(5)51)42(36(13-29)64-24(6)52)69-30-14-37(65-25(7)53)43(38(15-30)66-26(8)54)71-39-18-32(60-20(2)48)40(46(57)58-11)45(68-28(10)56)44(39)70-31-16-33(61-21(3)49)41(67-27(9)55)34(17-31)62-22(4)50/h12-18H,1-11H3. The maximum Gasteiger partial charge on any atom is 0.345 e. The third-order valence-corrected chi connectivity index (χ3v) is 7.72. The van der Waals surface area contributed by atoms with Crippen LogP contribution >= 0.6 is 0 Å². The second-order valence-corrected chi connectivity index (χ2v) is 13.9. The molecule has 4 aromatic carbocycles. The lowest BCUT2D eigenvalue weighted by Gasteiger charge is -2.22. The van der Waals surface area contributed by atoms with Crippen LogP contribution in [0.15, 0.2) is 42.5 Å². The summed E-state index contributed by atoms with van der Waals surface area (Å²) in [6.07, 6.45) is 0. The summed E-state index contributed by atoms with van der Waals surface area (Å²) in [5.74, 6) is -21.2. The van der Waals surface area contributed by atoms with Crippen LogP contribution in [-0.2, 0) is 52.7 Å². The minimum atomic E-state index is -1.31. The summed E-state index contributed by atoms with van der Waals surface area (Å²) in [7, 11) is 0.909. The van der Waals surface area contributed by atoms with Crippen molar-refractivity contribution in [1.82, 2.24) is 0 Å². The van der Waals surface area contributed by atoms with E-state index in [4.69, 9.17) is 66.3 Å². The Bertz CT molecular complexity index is 2780. The number of rotatable bonds is 17. The molecule has 374 valence electrons. The van der Waals surface area contributed by atoms with Gasteiger partial charge in [0.25, 0.3) is 0 Å². The van der Waals surface area contributed by atoms with Crippen molar-refractivity contribution in [2.75, 3.05) is 7.11 Å². The van der Waals surface area contributed by atoms with E-state index in [2.05, 4.69) is 0 Å². The molecule has 0 spiro atoms. The average Bonchev–Trinajstić information content (AvgIpc) is 3.20. The van der Waals surface area contributed by atoms with Crippen molar-refractivity contribution in [2.24, 2.45) is 0 Å². The zero-order valence-electron chi connectivity index (χ0n) is 39.2. The van der Waals surface area contributed by atoms with E-state index in [0.29, 0.717) is 0 Å². The van der Waals surface area contributed by atoms with Gasteiger partial charge in [0.05, 0.1) is 7.11 Å². The molecular weight excluding hydrogens is 952 g/mol. The third-order valence-electron chi connectivity index (χ3n) is 7.72. The first-order chi connectivity index (χ1) is 33.2. The number of carbonyl (C=O) groups excluding carboxylic acids is 11. The van der Waals surface area contributed by atoms with E-state index in [9.17, 15) is 52.7 Å². The quantitative estimate of drug-likeness (QED) is 0.0851. The number of hydrogen-bond donors (Lipinski definition) is 0. The van der Waals surface area contributed by atoms with E-state index in [1.807, 2.05) is 0 Å². The van der Waals surface area contributed by atoms with Gasteiger partial charge in [0.1, 0.15) is 22.8 Å². The fourth-order valence-corrected chi connectivity index (χ4v) is 5.71. The molecule has 0 heterocycles. The van der Waals surface area contributed by atoms with Crippen LogP contribution in [0.5, 0.6) is 92.0 Å². The fraction of sp³-hybridized carbons (Fsp3) is 0.239. The Morgan fingerprint density at radius 1 is 0.268 bits per heavy atom. The molecule has 4 aromatic rings. The molecule has 25 nitrogen and oxygen atoms in total. The SMILES string of the molecule is COC(=O)c1c(OC(C)=O)cc(Oc2c(OC(C)=O)cc(Oc3c(OC(C)=O)cc(OC(C)=O)cc3OC(C)=O)cc2OC(C)=O)c(Oc2cc(OC(C)=O)c(OC(C)=O)c(OC(C)=O)c2)c1OC(C)=O. The van der Waals surface area contributed by atoms with Crippen LogP contribution in [0.4, 0.5) is 0 Å². The normalized spacial score (nSPS) is 10.2. The van der Waals surface area contributed by atoms with Gasteiger partial charge in [-0.3, -0.25) is 47.9 Å². The molecule has 0 aliphatic carbocycles. The lowest BCUT2D eigenvalue weighted by atomic mass is 10.1. The number of carbonyl (C=O) groups is 11. The van der Waals surface area contributed by atoms with Gasteiger partial charge in [0.2, 0.25) is 23.0 Å². The van der Waals surface area contributed by atoms with Gasteiger partial charge in [-0.2, -0.15) is 0 Å². The van der Waals surface area contributed by atoms with E-state index in [0.717, 1.165) is 119 Å². The van der Waals surface area contributed by atoms with Crippen molar-refractivity contribution in [3.05, 3.63) is 48.0 Å². The van der Waals surface area contributed by atoms with Crippen LogP contribution < -0.4 is 61.6 Å². The number of ether oxygens (including phenoxy) is 14. The van der Waals surface area contributed by atoms with E-state index in [-0.39, 0.29) is 5.75 Å². The summed E-state index contributed by atoms with van der Waals surface area (Å²) in [4.78, 5) is 137. The van der Waals surface area contributed by atoms with Crippen LogP contribution in [0, 0.1) is 0 Å². The average molecular weight is 993 g/mol. The molecule has 4 rings (SSSR count). The maximum absolute atomic E-state index is 13.5. The first kappa shape index (κ1) is 54.1. The molecule has 0 aliphatic rings. The Kier molecular flexibility index (Phi) is 17.9. The molecule has 0 atom stereocenters. The Morgan fingerprint density at radius 2 is 0.549 bits per heavy atom. The summed E-state index contributed by atoms with van der Waals surface area (Å²) in [5.41, 5.74) is -0.798. The fourth-order valence-electron chi connectivity index (χ4n) is 5.71. The molecule has 0 bridgehead atoms. The minimum Gasteiger partial charge on any atom is -0.465 e. The zero-order valence-corrected chi connectivity index (χ0v) is 39.2. The van der Waals surface area contributed by atoms with Crippen molar-refractivity contribution >= 4 is 65.7 Å². The van der Waals surface area contributed by atoms with Crippen LogP contribution in [-0.4, -0.2) is 72.8 Å². The van der Waals surface area contributed by atoms with Crippen LogP contribution in [0.2, 0.25) is 0 Å². The predicted molar refractivity (Wildman–Crippen MR) is 230 cm³/mol. The van der Waals surface area contributed by atoms with Crippen molar-refractivity contribution in [2.45, 2.75) is 69.2 Å². The van der Waals surface area contributed by atoms with Gasteiger partial charge in [0, 0.05) is 112 Å². The molecule has 0 N–H and O–H groups in total. The van der Waals surface area contributed by atoms with Crippen molar-refractivity contribution in [3.8, 4) is 92.0 Å². The molecule has 0 fully saturated rings. The molecule has 71 heavy (non-hydrogen) atoms. The molecular formula is C46H40O25. The Labute approximate surface area is 400 Å². The predicted octanol–water partition coefficient (Wildman–Crippen LogP) is 6.10. The molecule has 0 saturated heterocycles. The molecule has 0 aliphatic heterocycles. The topological polar surface area (TPSA) is 317 Å². The second-order valence-electron chi connectivity index (χ2n) is 13.9. The van der Waals surface area contributed by atoms with Gasteiger partial charge in [-0.15, -0.1) is 0 Å². The zero-order chi connectivity index (χ0) is 53.0. The number of benzene rings is 4. The van der Waals surface area contributed by atoms with Crippen molar-refractivity contribution in [1.29, 1.82) is 0 Å². The maximum atomic E-state index is 13.5. The summed E-state index contributed by atoms with van der Waals surface area (Å²) in [6, 6.07) is 6.57. The van der Waals surface area contributed by atoms with Gasteiger partial charge >= 0.3 is 65.7 Å². The van der Waals surface area contributed by atoms with Crippen molar-refractivity contribution < 1.29 is 119 Å². The summed E-state index contributed by atoms with van der Waals surface area (Å²) >= 11 is 0. The van der Waals surface area contributed by atoms with Gasteiger partial charge in [-0.1, -0.05) is 0 Å². The molecule has 0 aromatic heterocycles. The van der Waals surface area contributed by atoms with Crippen molar-refractivity contribution in [3.63, 3.8) is 0 Å². The highest BCUT2D eigenvalue weighted by Gasteiger charge is 2.34. The van der Waals surface area contributed by atoms with Gasteiger partial charge in [0.15, 0.2) is 51.7 Å². The molecule has 0 unspecified atom stereocenters. The molecule has 0 radical (unpaired) electrons. The Morgan fingerprint density at radius 3 is 0.887 bits per heavy atom. The van der Waals surface area contributed by atoms with E-state index in [1.54, 1.807) is 0 Å². The highest BCUT2D eigenvalue weighted by molar-refractivity contribution is 5.99. The summed E-state index contributed by atoms with van der Waals surface area (Å²) in [5, 5.41) is 0. The van der Waals surface area contributed by atoms with E-state index >= 15 is 0 Å². The van der Waals surface area contributed by atoms with Gasteiger partial charge < -0.3 is 66.3 Å². The highest BCUT2D eigenvalue weighted by atomic mass is 16.6. The van der Waals surface area contributed by atoms with Crippen LogP contribution in [0.25, 0.3) is 0 Å². The van der Waals surface area contributed by atoms with E-state index in [1.165, 1.54) is 0 Å². The Hall–Kier alpha value is -9.55. The lowest BCUT2D eigenvalue weighted by Crippen LogP contribution is -2.15. The van der Waals surface area contributed by atoms with Gasteiger partial charge in [-0.25, -0.2) is 4.79 Å². The highest BCUT2D eigenvalue weighted by Crippen LogP contribution is 2.54. The number of methoxy groups -OCH3 is 1. The number of esters is 11. The molecule has 0 amide bonds.